The first-order valence-corrected chi connectivity index (χ1v) is 15.4. The number of halogens is 1. The lowest BCUT2D eigenvalue weighted by Crippen LogP contribution is -2.51. The summed E-state index contributed by atoms with van der Waals surface area (Å²) in [6.07, 6.45) is 3.45. The molecule has 10 nitrogen and oxygen atoms in total. The highest BCUT2D eigenvalue weighted by atomic mass is 35.5. The molecule has 0 saturated carbocycles. The van der Waals surface area contributed by atoms with E-state index in [9.17, 15) is 18.0 Å². The summed E-state index contributed by atoms with van der Waals surface area (Å²) in [6, 6.07) is 22.2. The number of ether oxygens (including phenoxy) is 1. The molecule has 0 bridgehead atoms. The second-order valence-electron chi connectivity index (χ2n) is 10.0. The Hall–Kier alpha value is -4.61. The second-order valence-corrected chi connectivity index (χ2v) is 12.2. The molecule has 0 radical (unpaired) electrons. The van der Waals surface area contributed by atoms with E-state index in [1.54, 1.807) is 53.7 Å². The van der Waals surface area contributed by atoms with Crippen molar-refractivity contribution in [3.05, 3.63) is 118 Å². The first kappa shape index (κ1) is 28.5. The molecule has 1 aliphatic rings. The molecule has 43 heavy (non-hydrogen) atoms. The smallest absolute Gasteiger partial charge is 0.344 e. The van der Waals surface area contributed by atoms with Crippen LogP contribution in [0.3, 0.4) is 0 Å². The Labute approximate surface area is 253 Å². The third-order valence-electron chi connectivity index (χ3n) is 7.61. The second kappa shape index (κ2) is 11.6. The number of hydrogen-bond donors (Lipinski definition) is 0. The molecule has 0 spiro atoms. The summed E-state index contributed by atoms with van der Waals surface area (Å²) in [5.41, 5.74) is 0.975. The van der Waals surface area contributed by atoms with Gasteiger partial charge >= 0.3 is 5.69 Å². The predicted octanol–water partition coefficient (Wildman–Crippen LogP) is 4.04. The monoisotopic (exact) mass is 617 g/mol. The van der Waals surface area contributed by atoms with Crippen molar-refractivity contribution in [1.29, 1.82) is 0 Å². The van der Waals surface area contributed by atoms with Gasteiger partial charge in [-0.25, -0.2) is 13.2 Å². The number of imidazole rings is 1. The number of hydrogen-bond acceptors (Lipinski definition) is 7. The van der Waals surface area contributed by atoms with Crippen LogP contribution in [0, 0.1) is 0 Å². The molecule has 3 heterocycles. The van der Waals surface area contributed by atoms with Crippen LogP contribution in [-0.2, 0) is 14.8 Å². The maximum Gasteiger partial charge on any atom is 0.344 e. The molecule has 3 aromatic carbocycles. The van der Waals surface area contributed by atoms with Gasteiger partial charge < -0.3 is 14.5 Å². The molecule has 6 rings (SSSR count). The number of carbonyl (C=O) groups is 1. The van der Waals surface area contributed by atoms with Crippen LogP contribution in [0.5, 0.6) is 5.75 Å². The van der Waals surface area contributed by atoms with Crippen LogP contribution in [-0.4, -0.2) is 66.0 Å². The number of pyridine rings is 1. The maximum absolute atomic E-state index is 14.4. The van der Waals surface area contributed by atoms with Crippen molar-refractivity contribution in [2.24, 2.45) is 0 Å². The van der Waals surface area contributed by atoms with Gasteiger partial charge in [0.1, 0.15) is 16.7 Å². The van der Waals surface area contributed by atoms with Crippen LogP contribution in [0.2, 0.25) is 5.02 Å². The Morgan fingerprint density at radius 3 is 2.26 bits per heavy atom. The number of anilines is 1. The zero-order valence-corrected chi connectivity index (χ0v) is 24.8. The standard InChI is InChI=1S/C31H28ClN5O5S/c1-42-27-9-5-6-10-28(27)43(40,41)37-25-12-11-23(32)21-26(25)36(31(37)39)29(22-7-3-2-4-8-22)30(38)35-19-17-34(18-20-35)24-13-15-33-16-14-24/h2-16,21,29H,17-20H2,1H3. The first-order chi connectivity index (χ1) is 20.8. The maximum atomic E-state index is 14.4. The van der Waals surface area contributed by atoms with Gasteiger partial charge in [0.15, 0.2) is 0 Å². The lowest BCUT2D eigenvalue weighted by atomic mass is 10.0. The molecule has 0 aliphatic carbocycles. The number of fused-ring (bicyclic) bond motifs is 1. The number of piperazine rings is 1. The van der Waals surface area contributed by atoms with E-state index in [1.807, 2.05) is 18.2 Å². The lowest BCUT2D eigenvalue weighted by Gasteiger charge is -2.37. The summed E-state index contributed by atoms with van der Waals surface area (Å²) in [6.45, 7) is 2.00. The van der Waals surface area contributed by atoms with E-state index in [0.29, 0.717) is 36.8 Å². The summed E-state index contributed by atoms with van der Waals surface area (Å²) >= 11 is 6.39. The van der Waals surface area contributed by atoms with E-state index < -0.39 is 21.8 Å². The van der Waals surface area contributed by atoms with E-state index in [2.05, 4.69) is 9.88 Å². The summed E-state index contributed by atoms with van der Waals surface area (Å²) in [4.78, 5) is 36.5. The number of aromatic nitrogens is 3. The lowest BCUT2D eigenvalue weighted by molar-refractivity contribution is -0.133. The van der Waals surface area contributed by atoms with E-state index in [1.165, 1.54) is 42.0 Å². The zero-order chi connectivity index (χ0) is 30.1. The molecule has 5 aromatic rings. The van der Waals surface area contributed by atoms with Crippen molar-refractivity contribution in [3.63, 3.8) is 0 Å². The Bertz CT molecular complexity index is 1950. The Morgan fingerprint density at radius 2 is 1.56 bits per heavy atom. The minimum atomic E-state index is -4.46. The third-order valence-corrected chi connectivity index (χ3v) is 9.57. The van der Waals surface area contributed by atoms with Crippen molar-refractivity contribution in [2.45, 2.75) is 10.9 Å². The van der Waals surface area contributed by atoms with Crippen LogP contribution < -0.4 is 15.3 Å². The molecule has 1 atom stereocenters. The van der Waals surface area contributed by atoms with Crippen LogP contribution in [0.4, 0.5) is 5.69 Å². The highest BCUT2D eigenvalue weighted by Crippen LogP contribution is 2.31. The molecule has 1 fully saturated rings. The fourth-order valence-corrected chi connectivity index (χ4v) is 7.25. The molecular weight excluding hydrogens is 590 g/mol. The summed E-state index contributed by atoms with van der Waals surface area (Å²) < 4.78 is 35.4. The normalized spacial score (nSPS) is 14.6. The topological polar surface area (TPSA) is 107 Å². The number of para-hydroxylation sites is 1. The average Bonchev–Trinajstić information content (AvgIpc) is 3.33. The largest absolute Gasteiger partial charge is 0.495 e. The van der Waals surface area contributed by atoms with Gasteiger partial charge in [-0.2, -0.15) is 3.97 Å². The molecule has 1 saturated heterocycles. The molecule has 1 amide bonds. The van der Waals surface area contributed by atoms with Crippen molar-refractivity contribution in [1.82, 2.24) is 18.4 Å². The molecule has 220 valence electrons. The van der Waals surface area contributed by atoms with Crippen LogP contribution in [0.15, 0.2) is 107 Å². The van der Waals surface area contributed by atoms with Gasteiger partial charge in [0.25, 0.3) is 15.9 Å². The SMILES string of the molecule is COc1ccccc1S(=O)(=O)n1c(=O)n(C(C(=O)N2CCN(c3ccncc3)CC2)c2ccccc2)c2cc(Cl)ccc21. The minimum Gasteiger partial charge on any atom is -0.495 e. The number of rotatable bonds is 7. The van der Waals surface area contributed by atoms with Crippen molar-refractivity contribution in [3.8, 4) is 5.75 Å². The molecule has 12 heteroatoms. The predicted molar refractivity (Wildman–Crippen MR) is 164 cm³/mol. The zero-order valence-electron chi connectivity index (χ0n) is 23.2. The third kappa shape index (κ3) is 5.15. The van der Waals surface area contributed by atoms with Crippen molar-refractivity contribution in [2.75, 3.05) is 38.2 Å². The van der Waals surface area contributed by atoms with Gasteiger partial charge in [0.2, 0.25) is 0 Å². The number of carbonyl (C=O) groups excluding carboxylic acids is 1. The van der Waals surface area contributed by atoms with Crippen molar-refractivity contribution < 1.29 is 17.9 Å². The number of methoxy groups -OCH3 is 1. The molecule has 0 N–H and O–H groups in total. The van der Waals surface area contributed by atoms with E-state index in [4.69, 9.17) is 16.3 Å². The number of amides is 1. The summed E-state index contributed by atoms with van der Waals surface area (Å²) in [5, 5.41) is 0.290. The minimum absolute atomic E-state index is 0.0898. The molecular formula is C31H28ClN5O5S. The van der Waals surface area contributed by atoms with E-state index in [-0.39, 0.29) is 27.6 Å². The van der Waals surface area contributed by atoms with E-state index >= 15 is 0 Å². The van der Waals surface area contributed by atoms with Crippen LogP contribution >= 0.6 is 11.6 Å². The van der Waals surface area contributed by atoms with Gasteiger partial charge in [-0.15, -0.1) is 0 Å². The number of benzene rings is 3. The Balaban J connectivity index is 1.49. The summed E-state index contributed by atoms with van der Waals surface area (Å²) in [5.74, 6) is -0.233. The van der Waals surface area contributed by atoms with Gasteiger partial charge in [0.05, 0.1) is 18.1 Å². The highest BCUT2D eigenvalue weighted by molar-refractivity contribution is 7.90. The van der Waals surface area contributed by atoms with Crippen molar-refractivity contribution >= 4 is 44.3 Å². The average molecular weight is 618 g/mol. The highest BCUT2D eigenvalue weighted by Gasteiger charge is 2.36. The van der Waals surface area contributed by atoms with Crippen LogP contribution in [0.25, 0.3) is 11.0 Å². The quantitative estimate of drug-likeness (QED) is 0.271. The first-order valence-electron chi connectivity index (χ1n) is 13.6. The van der Waals surface area contributed by atoms with Gasteiger partial charge in [0, 0.05) is 49.3 Å². The molecule has 1 aliphatic heterocycles. The Morgan fingerprint density at radius 1 is 0.884 bits per heavy atom. The molecule has 1 unspecified atom stereocenters. The Kier molecular flexibility index (Phi) is 7.68. The molecule has 2 aromatic heterocycles. The fraction of sp³-hybridized carbons (Fsp3) is 0.194. The van der Waals surface area contributed by atoms with Crippen LogP contribution in [0.1, 0.15) is 11.6 Å². The van der Waals surface area contributed by atoms with Gasteiger partial charge in [-0.05, 0) is 48.0 Å². The fourth-order valence-electron chi connectivity index (χ4n) is 5.53. The van der Waals surface area contributed by atoms with E-state index in [0.717, 1.165) is 9.66 Å². The van der Waals surface area contributed by atoms with Gasteiger partial charge in [-0.1, -0.05) is 54.1 Å². The summed E-state index contributed by atoms with van der Waals surface area (Å²) in [7, 11) is -3.10. The number of nitrogens with zero attached hydrogens (tertiary/aromatic N) is 5. The van der Waals surface area contributed by atoms with Gasteiger partial charge in [-0.3, -0.25) is 14.3 Å².